The highest BCUT2D eigenvalue weighted by molar-refractivity contribution is 9.10. The fraction of sp³-hybridized carbons (Fsp3) is 0.0714. The third kappa shape index (κ3) is 4.13. The predicted molar refractivity (Wildman–Crippen MR) is 84.7 cm³/mol. The van der Waals surface area contributed by atoms with Crippen LogP contribution in [0.1, 0.15) is 0 Å². The molecule has 0 heterocycles. The number of benzene rings is 2. The van der Waals surface area contributed by atoms with Gasteiger partial charge in [0.05, 0.1) is 15.2 Å². The number of halogens is 3. The molecule has 0 aliphatic rings. The first-order chi connectivity index (χ1) is 9.56. The average Bonchev–Trinajstić information content (AvgIpc) is 2.43. The fourth-order valence-electron chi connectivity index (χ4n) is 1.47. The molecular formula is C14H10BrCl2NO2. The van der Waals surface area contributed by atoms with Crippen molar-refractivity contribution >= 4 is 50.7 Å². The topological polar surface area (TPSA) is 38.3 Å². The molecule has 1 amide bonds. The van der Waals surface area contributed by atoms with Gasteiger partial charge in [-0.3, -0.25) is 4.79 Å². The largest absolute Gasteiger partial charge is 0.484 e. The van der Waals surface area contributed by atoms with Gasteiger partial charge in [-0.2, -0.15) is 0 Å². The molecule has 0 saturated carbocycles. The zero-order valence-electron chi connectivity index (χ0n) is 10.2. The number of nitrogens with one attached hydrogen (secondary N) is 1. The van der Waals surface area contributed by atoms with Crippen LogP contribution in [0.4, 0.5) is 5.69 Å². The Hall–Kier alpha value is -1.23. The smallest absolute Gasteiger partial charge is 0.262 e. The van der Waals surface area contributed by atoms with E-state index in [0.29, 0.717) is 26.0 Å². The van der Waals surface area contributed by atoms with Crippen LogP contribution in [0.25, 0.3) is 0 Å². The standard InChI is InChI=1S/C14H10BrCl2NO2/c15-14-11(17)2-1-3-12(14)18-13(19)8-20-10-6-4-9(16)5-7-10/h1-7H,8H2,(H,18,19). The van der Waals surface area contributed by atoms with Gasteiger partial charge in [0.1, 0.15) is 5.75 Å². The van der Waals surface area contributed by atoms with Crippen molar-refractivity contribution in [3.05, 3.63) is 57.0 Å². The number of hydrogen-bond acceptors (Lipinski definition) is 2. The molecule has 0 aliphatic heterocycles. The lowest BCUT2D eigenvalue weighted by Crippen LogP contribution is -2.20. The highest BCUT2D eigenvalue weighted by Gasteiger charge is 2.08. The van der Waals surface area contributed by atoms with Crippen molar-refractivity contribution < 1.29 is 9.53 Å². The highest BCUT2D eigenvalue weighted by atomic mass is 79.9. The quantitative estimate of drug-likeness (QED) is 0.836. The Morgan fingerprint density at radius 2 is 1.85 bits per heavy atom. The predicted octanol–water partition coefficient (Wildman–Crippen LogP) is 4.77. The van der Waals surface area contributed by atoms with E-state index in [1.807, 2.05) is 0 Å². The first-order valence-electron chi connectivity index (χ1n) is 5.68. The lowest BCUT2D eigenvalue weighted by molar-refractivity contribution is -0.118. The summed E-state index contributed by atoms with van der Waals surface area (Å²) in [6.45, 7) is -0.0966. The molecule has 1 N–H and O–H groups in total. The molecule has 0 bridgehead atoms. The zero-order valence-corrected chi connectivity index (χ0v) is 13.3. The van der Waals surface area contributed by atoms with Crippen molar-refractivity contribution in [2.45, 2.75) is 0 Å². The van der Waals surface area contributed by atoms with Crippen LogP contribution < -0.4 is 10.1 Å². The van der Waals surface area contributed by atoms with Crippen LogP contribution in [0.2, 0.25) is 10.0 Å². The first kappa shape index (κ1) is 15.2. The van der Waals surface area contributed by atoms with E-state index in [4.69, 9.17) is 27.9 Å². The van der Waals surface area contributed by atoms with E-state index in [1.54, 1.807) is 42.5 Å². The summed E-state index contributed by atoms with van der Waals surface area (Å²) in [6.07, 6.45) is 0. The third-order valence-corrected chi connectivity index (χ3v) is 4.06. The van der Waals surface area contributed by atoms with Crippen molar-refractivity contribution in [3.63, 3.8) is 0 Å². The monoisotopic (exact) mass is 373 g/mol. The lowest BCUT2D eigenvalue weighted by atomic mass is 10.3. The number of ether oxygens (including phenoxy) is 1. The van der Waals surface area contributed by atoms with Gasteiger partial charge < -0.3 is 10.1 Å². The van der Waals surface area contributed by atoms with Crippen LogP contribution in [-0.4, -0.2) is 12.5 Å². The molecule has 0 aliphatic carbocycles. The van der Waals surface area contributed by atoms with E-state index in [0.717, 1.165) is 0 Å². The summed E-state index contributed by atoms with van der Waals surface area (Å²) in [4.78, 5) is 11.8. The molecule has 20 heavy (non-hydrogen) atoms. The maximum atomic E-state index is 11.8. The van der Waals surface area contributed by atoms with E-state index in [-0.39, 0.29) is 12.5 Å². The fourth-order valence-corrected chi connectivity index (χ4v) is 2.13. The van der Waals surface area contributed by atoms with Crippen LogP contribution in [0.15, 0.2) is 46.9 Å². The van der Waals surface area contributed by atoms with Gasteiger partial charge in [0.15, 0.2) is 6.61 Å². The summed E-state index contributed by atoms with van der Waals surface area (Å²) < 4.78 is 5.99. The van der Waals surface area contributed by atoms with Gasteiger partial charge in [-0.25, -0.2) is 0 Å². The molecule has 0 radical (unpaired) electrons. The van der Waals surface area contributed by atoms with Gasteiger partial charge in [-0.1, -0.05) is 29.3 Å². The summed E-state index contributed by atoms with van der Waals surface area (Å²) in [6, 6.07) is 12.0. The highest BCUT2D eigenvalue weighted by Crippen LogP contribution is 2.29. The molecule has 0 saturated heterocycles. The number of hydrogen-bond donors (Lipinski definition) is 1. The van der Waals surface area contributed by atoms with Crippen LogP contribution in [-0.2, 0) is 4.79 Å². The number of amides is 1. The van der Waals surface area contributed by atoms with Gasteiger partial charge >= 0.3 is 0 Å². The van der Waals surface area contributed by atoms with Crippen molar-refractivity contribution in [2.24, 2.45) is 0 Å². The molecule has 2 aromatic carbocycles. The van der Waals surface area contributed by atoms with Crippen LogP contribution in [0.5, 0.6) is 5.75 Å². The number of carbonyl (C=O) groups excluding carboxylic acids is 1. The first-order valence-corrected chi connectivity index (χ1v) is 7.23. The SMILES string of the molecule is O=C(COc1ccc(Cl)cc1)Nc1cccc(Cl)c1Br. The molecule has 104 valence electrons. The van der Waals surface area contributed by atoms with Crippen molar-refractivity contribution in [1.82, 2.24) is 0 Å². The Morgan fingerprint density at radius 1 is 1.15 bits per heavy atom. The van der Waals surface area contributed by atoms with E-state index in [1.165, 1.54) is 0 Å². The summed E-state index contributed by atoms with van der Waals surface area (Å²) in [5.41, 5.74) is 0.599. The molecule has 0 aromatic heterocycles. The minimum Gasteiger partial charge on any atom is -0.484 e. The second kappa shape index (κ2) is 6.97. The normalized spacial score (nSPS) is 10.2. The van der Waals surface area contributed by atoms with Gasteiger partial charge in [0, 0.05) is 5.02 Å². The minimum atomic E-state index is -0.275. The van der Waals surface area contributed by atoms with Gasteiger partial charge in [-0.05, 0) is 52.3 Å². The Balaban J connectivity index is 1.92. The Labute approximate surface area is 135 Å². The van der Waals surface area contributed by atoms with Crippen LogP contribution >= 0.6 is 39.1 Å². The van der Waals surface area contributed by atoms with Crippen molar-refractivity contribution in [1.29, 1.82) is 0 Å². The number of anilines is 1. The second-order valence-electron chi connectivity index (χ2n) is 3.89. The van der Waals surface area contributed by atoms with E-state index >= 15 is 0 Å². The maximum absolute atomic E-state index is 11.8. The molecule has 2 aromatic rings. The number of rotatable bonds is 4. The van der Waals surface area contributed by atoms with Crippen molar-refractivity contribution in [2.75, 3.05) is 11.9 Å². The molecule has 0 unspecified atom stereocenters. The molecule has 0 fully saturated rings. The second-order valence-corrected chi connectivity index (χ2v) is 5.53. The van der Waals surface area contributed by atoms with E-state index < -0.39 is 0 Å². The van der Waals surface area contributed by atoms with Gasteiger partial charge in [-0.15, -0.1) is 0 Å². The van der Waals surface area contributed by atoms with Crippen LogP contribution in [0.3, 0.4) is 0 Å². The van der Waals surface area contributed by atoms with Crippen LogP contribution in [0, 0.1) is 0 Å². The van der Waals surface area contributed by atoms with Crippen molar-refractivity contribution in [3.8, 4) is 5.75 Å². The Kier molecular flexibility index (Phi) is 5.29. The maximum Gasteiger partial charge on any atom is 0.262 e. The Morgan fingerprint density at radius 3 is 2.55 bits per heavy atom. The minimum absolute atomic E-state index is 0.0966. The molecule has 0 atom stereocenters. The molecule has 6 heteroatoms. The van der Waals surface area contributed by atoms with Gasteiger partial charge in [0.2, 0.25) is 0 Å². The molecule has 2 rings (SSSR count). The van der Waals surface area contributed by atoms with E-state index in [2.05, 4.69) is 21.2 Å². The Bertz CT molecular complexity index is 617. The molecule has 0 spiro atoms. The number of carbonyl (C=O) groups is 1. The van der Waals surface area contributed by atoms with E-state index in [9.17, 15) is 4.79 Å². The summed E-state index contributed by atoms with van der Waals surface area (Å²) in [5, 5.41) is 3.86. The summed E-state index contributed by atoms with van der Waals surface area (Å²) >= 11 is 15.0. The average molecular weight is 375 g/mol. The summed E-state index contributed by atoms with van der Waals surface area (Å²) in [7, 11) is 0. The summed E-state index contributed by atoms with van der Waals surface area (Å²) in [5.74, 6) is 0.303. The molecule has 3 nitrogen and oxygen atoms in total. The molecular weight excluding hydrogens is 365 g/mol. The van der Waals surface area contributed by atoms with Gasteiger partial charge in [0.25, 0.3) is 5.91 Å². The third-order valence-electron chi connectivity index (χ3n) is 2.41. The lowest BCUT2D eigenvalue weighted by Gasteiger charge is -2.09. The zero-order chi connectivity index (χ0) is 14.5.